The number of carboxylic acids is 1. The third-order valence-electron chi connectivity index (χ3n) is 1.78. The Morgan fingerprint density at radius 1 is 1.25 bits per heavy atom. The van der Waals surface area contributed by atoms with Gasteiger partial charge in [0.2, 0.25) is 0 Å². The van der Waals surface area contributed by atoms with Gasteiger partial charge in [-0.15, -0.1) is 0 Å². The van der Waals surface area contributed by atoms with E-state index < -0.39 is 5.97 Å². The first-order valence-corrected chi connectivity index (χ1v) is 5.10. The zero-order valence-corrected chi connectivity index (χ0v) is 9.43. The zero-order chi connectivity index (χ0) is 12.2. The van der Waals surface area contributed by atoms with Crippen LogP contribution >= 0.6 is 0 Å². The fraction of sp³-hybridized carbons (Fsp3) is 0.417. The summed E-state index contributed by atoms with van der Waals surface area (Å²) < 4.78 is 4.73. The average Bonchev–Trinajstić information content (AvgIpc) is 2.32. The summed E-state index contributed by atoms with van der Waals surface area (Å²) in [6.45, 7) is 1.05. The molecule has 4 heteroatoms. The molecule has 4 nitrogen and oxygen atoms in total. The third-order valence-corrected chi connectivity index (χ3v) is 1.78. The van der Waals surface area contributed by atoms with Crippen LogP contribution in [0.1, 0.15) is 23.2 Å². The summed E-state index contributed by atoms with van der Waals surface area (Å²) in [6.07, 6.45) is 1.82. The molecule has 0 aliphatic rings. The van der Waals surface area contributed by atoms with Crippen molar-refractivity contribution in [2.24, 2.45) is 0 Å². The van der Waals surface area contributed by atoms with Crippen LogP contribution in [0.4, 0.5) is 0 Å². The molecule has 0 atom stereocenters. The molecule has 2 N–H and O–H groups in total. The molecule has 0 aliphatic heterocycles. The van der Waals surface area contributed by atoms with Crippen molar-refractivity contribution in [3.63, 3.8) is 0 Å². The molecule has 90 valence electrons. The summed E-state index contributed by atoms with van der Waals surface area (Å²) in [5.41, 5.74) is 0.331. The quantitative estimate of drug-likeness (QED) is 0.751. The lowest BCUT2D eigenvalue weighted by Gasteiger charge is -1.92. The van der Waals surface area contributed by atoms with Gasteiger partial charge in [0, 0.05) is 20.3 Å². The van der Waals surface area contributed by atoms with Crippen molar-refractivity contribution >= 4 is 5.97 Å². The summed E-state index contributed by atoms with van der Waals surface area (Å²) >= 11 is 0. The maximum Gasteiger partial charge on any atom is 0.335 e. The standard InChI is InChI=1S/C7H6O2.C5H12O2/c8-7(9)6-4-2-1-3-5-6;1-7-5-3-2-4-6/h1-5H,(H,8,9);6H,2-5H2,1H3. The molecule has 1 aromatic rings. The lowest BCUT2D eigenvalue weighted by Crippen LogP contribution is -1.93. The van der Waals surface area contributed by atoms with Crippen LogP contribution < -0.4 is 0 Å². The second-order valence-electron chi connectivity index (χ2n) is 3.09. The van der Waals surface area contributed by atoms with E-state index in [1.165, 1.54) is 0 Å². The van der Waals surface area contributed by atoms with Crippen molar-refractivity contribution in [2.75, 3.05) is 20.3 Å². The molecule has 0 bridgehead atoms. The van der Waals surface area contributed by atoms with E-state index in [2.05, 4.69) is 0 Å². The zero-order valence-electron chi connectivity index (χ0n) is 9.43. The molecule has 0 fully saturated rings. The summed E-state index contributed by atoms with van der Waals surface area (Å²) in [6, 6.07) is 8.30. The Morgan fingerprint density at radius 2 is 1.88 bits per heavy atom. The number of methoxy groups -OCH3 is 1. The molecular formula is C12H18O4. The molecule has 0 saturated carbocycles. The van der Waals surface area contributed by atoms with E-state index in [1.54, 1.807) is 37.4 Å². The fourth-order valence-corrected chi connectivity index (χ4v) is 0.939. The average molecular weight is 226 g/mol. The van der Waals surface area contributed by atoms with E-state index in [0.29, 0.717) is 5.56 Å². The smallest absolute Gasteiger partial charge is 0.335 e. The fourth-order valence-electron chi connectivity index (χ4n) is 0.939. The maximum atomic E-state index is 10.2. The van der Waals surface area contributed by atoms with Gasteiger partial charge in [0.15, 0.2) is 0 Å². The molecule has 0 radical (unpaired) electrons. The minimum atomic E-state index is -0.879. The summed E-state index contributed by atoms with van der Waals surface area (Å²) in [7, 11) is 1.66. The van der Waals surface area contributed by atoms with Gasteiger partial charge >= 0.3 is 5.97 Å². The largest absolute Gasteiger partial charge is 0.478 e. The van der Waals surface area contributed by atoms with Crippen molar-refractivity contribution in [1.29, 1.82) is 0 Å². The van der Waals surface area contributed by atoms with E-state index in [0.717, 1.165) is 19.4 Å². The number of rotatable bonds is 5. The second-order valence-corrected chi connectivity index (χ2v) is 3.09. The van der Waals surface area contributed by atoms with Gasteiger partial charge in [0.05, 0.1) is 5.56 Å². The molecule has 0 unspecified atom stereocenters. The highest BCUT2D eigenvalue weighted by Crippen LogP contribution is 1.96. The van der Waals surface area contributed by atoms with Crippen molar-refractivity contribution in [1.82, 2.24) is 0 Å². The van der Waals surface area contributed by atoms with Crippen LogP contribution in [-0.2, 0) is 4.74 Å². The highest BCUT2D eigenvalue weighted by atomic mass is 16.5. The Hall–Kier alpha value is -1.39. The first-order chi connectivity index (χ1) is 7.72. The molecule has 0 aliphatic carbocycles. The Kier molecular flexibility index (Phi) is 9.26. The van der Waals surface area contributed by atoms with Gasteiger partial charge in [-0.05, 0) is 25.0 Å². The SMILES string of the molecule is COCCCCO.O=C(O)c1ccccc1. The van der Waals surface area contributed by atoms with E-state index in [1.807, 2.05) is 0 Å². The van der Waals surface area contributed by atoms with Crippen LogP contribution in [0.25, 0.3) is 0 Å². The Bertz CT molecular complexity index is 268. The number of carbonyl (C=O) groups is 1. The molecule has 1 rings (SSSR count). The lowest BCUT2D eigenvalue weighted by atomic mass is 10.2. The first-order valence-electron chi connectivity index (χ1n) is 5.10. The number of aliphatic hydroxyl groups excluding tert-OH is 1. The number of hydrogen-bond acceptors (Lipinski definition) is 3. The maximum absolute atomic E-state index is 10.2. The number of benzene rings is 1. The van der Waals surface area contributed by atoms with Crippen LogP contribution in [0, 0.1) is 0 Å². The molecule has 0 heterocycles. The number of unbranched alkanes of at least 4 members (excludes halogenated alkanes) is 1. The van der Waals surface area contributed by atoms with Gasteiger partial charge in [-0.1, -0.05) is 18.2 Å². The van der Waals surface area contributed by atoms with Crippen molar-refractivity contribution in [3.05, 3.63) is 35.9 Å². The van der Waals surface area contributed by atoms with Crippen LogP contribution in [-0.4, -0.2) is 36.5 Å². The van der Waals surface area contributed by atoms with Crippen molar-refractivity contribution < 1.29 is 19.7 Å². The van der Waals surface area contributed by atoms with Crippen LogP contribution in [0.2, 0.25) is 0 Å². The monoisotopic (exact) mass is 226 g/mol. The number of aliphatic hydroxyl groups is 1. The topological polar surface area (TPSA) is 66.8 Å². The lowest BCUT2D eigenvalue weighted by molar-refractivity contribution is 0.0697. The Labute approximate surface area is 95.5 Å². The second kappa shape index (κ2) is 10.1. The molecular weight excluding hydrogens is 208 g/mol. The van der Waals surface area contributed by atoms with E-state index in [4.69, 9.17) is 14.9 Å². The normalized spacial score (nSPS) is 9.12. The molecule has 1 aromatic carbocycles. The predicted molar refractivity (Wildman–Crippen MR) is 61.6 cm³/mol. The molecule has 0 saturated heterocycles. The van der Waals surface area contributed by atoms with E-state index in [-0.39, 0.29) is 6.61 Å². The van der Waals surface area contributed by atoms with Gasteiger partial charge < -0.3 is 14.9 Å². The number of ether oxygens (including phenoxy) is 1. The highest BCUT2D eigenvalue weighted by molar-refractivity contribution is 5.87. The number of carboxylic acid groups (broad SMARTS) is 1. The van der Waals surface area contributed by atoms with Gasteiger partial charge in [-0.25, -0.2) is 4.79 Å². The van der Waals surface area contributed by atoms with E-state index >= 15 is 0 Å². The Morgan fingerprint density at radius 3 is 2.25 bits per heavy atom. The van der Waals surface area contributed by atoms with Crippen LogP contribution in [0.15, 0.2) is 30.3 Å². The minimum Gasteiger partial charge on any atom is -0.478 e. The van der Waals surface area contributed by atoms with Crippen LogP contribution in [0.5, 0.6) is 0 Å². The van der Waals surface area contributed by atoms with Crippen LogP contribution in [0.3, 0.4) is 0 Å². The molecule has 0 aromatic heterocycles. The molecule has 16 heavy (non-hydrogen) atoms. The van der Waals surface area contributed by atoms with E-state index in [9.17, 15) is 4.79 Å². The molecule has 0 amide bonds. The van der Waals surface area contributed by atoms with Crippen molar-refractivity contribution in [2.45, 2.75) is 12.8 Å². The third kappa shape index (κ3) is 7.96. The van der Waals surface area contributed by atoms with Gasteiger partial charge in [-0.3, -0.25) is 0 Å². The predicted octanol–water partition coefficient (Wildman–Crippen LogP) is 1.79. The first kappa shape index (κ1) is 14.6. The van der Waals surface area contributed by atoms with Gasteiger partial charge in [-0.2, -0.15) is 0 Å². The van der Waals surface area contributed by atoms with Crippen molar-refractivity contribution in [3.8, 4) is 0 Å². The Balaban J connectivity index is 0.000000293. The minimum absolute atomic E-state index is 0.281. The number of aromatic carboxylic acids is 1. The number of hydrogen-bond donors (Lipinski definition) is 2. The summed E-state index contributed by atoms with van der Waals surface area (Å²) in [5, 5.41) is 16.6. The highest BCUT2D eigenvalue weighted by Gasteiger charge is 1.96. The van der Waals surface area contributed by atoms with Gasteiger partial charge in [0.1, 0.15) is 0 Å². The summed E-state index contributed by atoms with van der Waals surface area (Å²) in [4.78, 5) is 10.2. The molecule has 0 spiro atoms. The van der Waals surface area contributed by atoms with Gasteiger partial charge in [0.25, 0.3) is 0 Å². The summed E-state index contributed by atoms with van der Waals surface area (Å²) in [5.74, 6) is -0.879.